The average Bonchev–Trinajstić information content (AvgIpc) is 2.47. The largest absolute Gasteiger partial charge is 0.366 e. The first-order valence-electron chi connectivity index (χ1n) is 7.12. The number of para-hydroxylation sites is 1. The van der Waals surface area contributed by atoms with Crippen molar-refractivity contribution in [2.45, 2.75) is 39.5 Å². The third-order valence-corrected chi connectivity index (χ3v) is 3.44. The molecule has 0 aliphatic heterocycles. The van der Waals surface area contributed by atoms with Crippen molar-refractivity contribution in [2.75, 3.05) is 5.32 Å². The molecular formula is C16H21N3O2. The molecule has 1 rings (SSSR count). The third-order valence-electron chi connectivity index (χ3n) is 3.44. The summed E-state index contributed by atoms with van der Waals surface area (Å²) < 4.78 is 0. The van der Waals surface area contributed by atoms with E-state index in [0.29, 0.717) is 18.5 Å². The lowest BCUT2D eigenvalue weighted by atomic mass is 9.79. The van der Waals surface area contributed by atoms with Crippen molar-refractivity contribution in [3.63, 3.8) is 0 Å². The summed E-state index contributed by atoms with van der Waals surface area (Å²) in [5.41, 5.74) is 4.82. The molecular weight excluding hydrogens is 266 g/mol. The van der Waals surface area contributed by atoms with Gasteiger partial charge in [0.15, 0.2) is 0 Å². The fourth-order valence-electron chi connectivity index (χ4n) is 2.42. The lowest BCUT2D eigenvalue weighted by molar-refractivity contribution is -0.123. The Kier molecular flexibility index (Phi) is 5.92. The highest BCUT2D eigenvalue weighted by Gasteiger charge is 2.37. The molecule has 0 spiro atoms. The smallest absolute Gasteiger partial charge is 0.250 e. The summed E-state index contributed by atoms with van der Waals surface area (Å²) in [5.74, 6) is -0.984. The van der Waals surface area contributed by atoms with E-state index < -0.39 is 11.3 Å². The van der Waals surface area contributed by atoms with E-state index in [2.05, 4.69) is 11.4 Å². The van der Waals surface area contributed by atoms with Crippen molar-refractivity contribution >= 4 is 17.5 Å². The SMILES string of the molecule is CCCC(C#N)(CCC)C(=O)Nc1ccccc1C(N)=O. The van der Waals surface area contributed by atoms with Crippen molar-refractivity contribution in [1.29, 1.82) is 5.26 Å². The minimum atomic E-state index is -1.06. The Bertz CT molecular complexity index is 555. The molecule has 0 unspecified atom stereocenters. The Morgan fingerprint density at radius 1 is 1.24 bits per heavy atom. The summed E-state index contributed by atoms with van der Waals surface area (Å²) in [6.07, 6.45) is 2.45. The van der Waals surface area contributed by atoms with Gasteiger partial charge in [-0.15, -0.1) is 0 Å². The van der Waals surface area contributed by atoms with Crippen LogP contribution in [0.3, 0.4) is 0 Å². The molecule has 5 heteroatoms. The fraction of sp³-hybridized carbons (Fsp3) is 0.438. The highest BCUT2D eigenvalue weighted by molar-refractivity contribution is 6.05. The van der Waals surface area contributed by atoms with Crippen LogP contribution in [0.15, 0.2) is 24.3 Å². The summed E-state index contributed by atoms with van der Waals surface area (Å²) >= 11 is 0. The summed E-state index contributed by atoms with van der Waals surface area (Å²) in [5, 5.41) is 12.2. The van der Waals surface area contributed by atoms with E-state index in [9.17, 15) is 14.9 Å². The second-order valence-electron chi connectivity index (χ2n) is 5.06. The molecule has 1 aromatic rings. The molecule has 112 valence electrons. The van der Waals surface area contributed by atoms with Gasteiger partial charge in [0.05, 0.1) is 17.3 Å². The molecule has 5 nitrogen and oxygen atoms in total. The van der Waals surface area contributed by atoms with Crippen molar-refractivity contribution in [2.24, 2.45) is 11.1 Å². The van der Waals surface area contributed by atoms with Crippen LogP contribution in [-0.4, -0.2) is 11.8 Å². The van der Waals surface area contributed by atoms with Crippen LogP contribution in [0.5, 0.6) is 0 Å². The quantitative estimate of drug-likeness (QED) is 0.807. The predicted octanol–water partition coefficient (Wildman–Crippen LogP) is 2.83. The number of nitriles is 1. The van der Waals surface area contributed by atoms with Crippen LogP contribution >= 0.6 is 0 Å². The summed E-state index contributed by atoms with van der Waals surface area (Å²) in [7, 11) is 0. The van der Waals surface area contributed by atoms with Crippen LogP contribution < -0.4 is 11.1 Å². The van der Waals surface area contributed by atoms with Gasteiger partial charge in [-0.2, -0.15) is 5.26 Å². The second kappa shape index (κ2) is 7.44. The Balaban J connectivity index is 3.08. The van der Waals surface area contributed by atoms with Gasteiger partial charge in [0.1, 0.15) is 5.41 Å². The van der Waals surface area contributed by atoms with Crippen molar-refractivity contribution in [1.82, 2.24) is 0 Å². The van der Waals surface area contributed by atoms with Crippen LogP contribution in [0.25, 0.3) is 0 Å². The first-order chi connectivity index (χ1) is 10.0. The first-order valence-corrected chi connectivity index (χ1v) is 7.12. The number of rotatable bonds is 7. The van der Waals surface area contributed by atoms with Gasteiger partial charge < -0.3 is 11.1 Å². The van der Waals surface area contributed by atoms with Crippen LogP contribution in [0, 0.1) is 16.7 Å². The molecule has 0 radical (unpaired) electrons. The molecule has 0 saturated carbocycles. The number of nitrogens with two attached hydrogens (primary N) is 1. The fourth-order valence-corrected chi connectivity index (χ4v) is 2.42. The molecule has 21 heavy (non-hydrogen) atoms. The van der Waals surface area contributed by atoms with E-state index in [0.717, 1.165) is 12.8 Å². The van der Waals surface area contributed by atoms with Gasteiger partial charge >= 0.3 is 0 Å². The number of hydrogen-bond acceptors (Lipinski definition) is 3. The van der Waals surface area contributed by atoms with E-state index >= 15 is 0 Å². The Morgan fingerprint density at radius 3 is 2.29 bits per heavy atom. The van der Waals surface area contributed by atoms with Gasteiger partial charge in [0.2, 0.25) is 5.91 Å². The van der Waals surface area contributed by atoms with Crippen LogP contribution in [-0.2, 0) is 4.79 Å². The number of amides is 2. The number of benzene rings is 1. The standard InChI is InChI=1S/C16H21N3O2/c1-3-9-16(11-17,10-4-2)15(21)19-13-8-6-5-7-12(13)14(18)20/h5-8H,3-4,9-10H2,1-2H3,(H2,18,20)(H,19,21). The zero-order valence-corrected chi connectivity index (χ0v) is 12.5. The maximum absolute atomic E-state index is 12.5. The molecule has 2 amide bonds. The van der Waals surface area contributed by atoms with E-state index in [-0.39, 0.29) is 11.5 Å². The Morgan fingerprint density at radius 2 is 1.81 bits per heavy atom. The molecule has 0 fully saturated rings. The van der Waals surface area contributed by atoms with Gasteiger partial charge in [-0.05, 0) is 25.0 Å². The molecule has 0 atom stereocenters. The number of carbonyl (C=O) groups excluding carboxylic acids is 2. The first kappa shape index (κ1) is 16.7. The van der Waals surface area contributed by atoms with Gasteiger partial charge in [-0.3, -0.25) is 9.59 Å². The van der Waals surface area contributed by atoms with Crippen LogP contribution in [0.4, 0.5) is 5.69 Å². The van der Waals surface area contributed by atoms with E-state index in [1.165, 1.54) is 0 Å². The molecule has 0 aliphatic carbocycles. The number of anilines is 1. The van der Waals surface area contributed by atoms with E-state index in [4.69, 9.17) is 5.73 Å². The maximum atomic E-state index is 12.5. The second-order valence-corrected chi connectivity index (χ2v) is 5.06. The van der Waals surface area contributed by atoms with Gasteiger partial charge in [-0.1, -0.05) is 38.8 Å². The lowest BCUT2D eigenvalue weighted by Crippen LogP contribution is -2.35. The average molecular weight is 287 g/mol. The predicted molar refractivity (Wildman–Crippen MR) is 81.5 cm³/mol. The minimum absolute atomic E-state index is 0.241. The zero-order valence-electron chi connectivity index (χ0n) is 12.5. The molecule has 0 aromatic heterocycles. The number of hydrogen-bond donors (Lipinski definition) is 2. The van der Waals surface area contributed by atoms with Gasteiger partial charge in [0.25, 0.3) is 5.91 Å². The molecule has 0 heterocycles. The molecule has 0 bridgehead atoms. The van der Waals surface area contributed by atoms with Crippen molar-refractivity contribution in [3.8, 4) is 6.07 Å². The van der Waals surface area contributed by atoms with Gasteiger partial charge in [-0.25, -0.2) is 0 Å². The van der Waals surface area contributed by atoms with E-state index in [1.54, 1.807) is 24.3 Å². The van der Waals surface area contributed by atoms with Crippen molar-refractivity contribution < 1.29 is 9.59 Å². The normalized spacial score (nSPS) is 10.7. The third kappa shape index (κ3) is 3.82. The van der Waals surface area contributed by atoms with Crippen LogP contribution in [0.2, 0.25) is 0 Å². The molecule has 3 N–H and O–H groups in total. The molecule has 0 saturated heterocycles. The highest BCUT2D eigenvalue weighted by Crippen LogP contribution is 2.31. The van der Waals surface area contributed by atoms with Crippen molar-refractivity contribution in [3.05, 3.63) is 29.8 Å². The number of primary amides is 1. The molecule has 1 aromatic carbocycles. The number of nitrogens with one attached hydrogen (secondary N) is 1. The summed E-state index contributed by atoms with van der Waals surface area (Å²) in [6, 6.07) is 8.69. The van der Waals surface area contributed by atoms with Gasteiger partial charge in [0, 0.05) is 0 Å². The number of carbonyl (C=O) groups is 2. The topological polar surface area (TPSA) is 96.0 Å². The lowest BCUT2D eigenvalue weighted by Gasteiger charge is -2.25. The Hall–Kier alpha value is -2.35. The minimum Gasteiger partial charge on any atom is -0.366 e. The Labute approximate surface area is 125 Å². The monoisotopic (exact) mass is 287 g/mol. The summed E-state index contributed by atoms with van der Waals surface area (Å²) in [6.45, 7) is 3.87. The highest BCUT2D eigenvalue weighted by atomic mass is 16.2. The van der Waals surface area contributed by atoms with E-state index in [1.807, 2.05) is 13.8 Å². The zero-order chi connectivity index (χ0) is 15.9. The van der Waals surface area contributed by atoms with Crippen LogP contribution in [0.1, 0.15) is 49.9 Å². The number of nitrogens with zero attached hydrogens (tertiary/aromatic N) is 1. The molecule has 0 aliphatic rings. The summed E-state index contributed by atoms with van der Waals surface area (Å²) in [4.78, 5) is 23.9. The maximum Gasteiger partial charge on any atom is 0.250 e.